The number of nitrogens with two attached hydrogens (primary N) is 1. The molecule has 1 fully saturated rings. The number of aromatic nitrogens is 1. The summed E-state index contributed by atoms with van der Waals surface area (Å²) in [7, 11) is 0. The molecule has 3 aromatic rings. The van der Waals surface area contributed by atoms with Gasteiger partial charge < -0.3 is 16.0 Å². The largest absolute Gasteiger partial charge is 0.417 e. The van der Waals surface area contributed by atoms with Gasteiger partial charge in [-0.25, -0.2) is 9.29 Å². The number of hydrogen-bond acceptors (Lipinski definition) is 6. The van der Waals surface area contributed by atoms with Gasteiger partial charge in [0.25, 0.3) is 5.91 Å². The average molecular weight is 542 g/mol. The highest BCUT2D eigenvalue weighted by atomic mass is 32.2. The van der Waals surface area contributed by atoms with Gasteiger partial charge in [0.1, 0.15) is 5.82 Å². The van der Waals surface area contributed by atoms with Crippen LogP contribution in [0.4, 0.5) is 19.0 Å². The normalized spacial score (nSPS) is 16.5. The number of carbonyl (C=O) groups is 2. The number of fused-ring (bicyclic) bond motifs is 1. The van der Waals surface area contributed by atoms with Crippen LogP contribution in [-0.4, -0.2) is 51.7 Å². The Bertz CT molecular complexity index is 1320. The maximum atomic E-state index is 12.7. The van der Waals surface area contributed by atoms with Gasteiger partial charge in [-0.1, -0.05) is 24.3 Å². The lowest BCUT2D eigenvalue weighted by molar-refractivity contribution is -0.137. The molecule has 0 bridgehead atoms. The van der Waals surface area contributed by atoms with Crippen molar-refractivity contribution in [3.05, 3.63) is 77.5 Å². The lowest BCUT2D eigenvalue weighted by Crippen LogP contribution is -2.35. The minimum atomic E-state index is -4.39. The molecule has 0 radical (unpaired) electrons. The van der Waals surface area contributed by atoms with E-state index < -0.39 is 17.6 Å². The number of carbonyl (C=O) groups excluding carboxylic acids is 2. The second-order valence-electron chi connectivity index (χ2n) is 9.39. The number of rotatable bonds is 7. The first-order chi connectivity index (χ1) is 18.2. The highest BCUT2D eigenvalue weighted by Gasteiger charge is 2.31. The predicted molar refractivity (Wildman–Crippen MR) is 139 cm³/mol. The molecule has 7 nitrogen and oxygen atoms in total. The summed E-state index contributed by atoms with van der Waals surface area (Å²) in [4.78, 5) is 30.3. The van der Waals surface area contributed by atoms with Crippen molar-refractivity contribution >= 4 is 29.6 Å². The third-order valence-corrected chi connectivity index (χ3v) is 7.76. The van der Waals surface area contributed by atoms with Crippen molar-refractivity contribution in [3.63, 3.8) is 0 Å². The monoisotopic (exact) mass is 541 g/mol. The molecule has 11 heteroatoms. The Labute approximate surface area is 222 Å². The number of halogens is 3. The Morgan fingerprint density at radius 3 is 2.39 bits per heavy atom. The van der Waals surface area contributed by atoms with E-state index in [0.29, 0.717) is 17.9 Å². The maximum absolute atomic E-state index is 12.7. The number of primary amides is 1. The lowest BCUT2D eigenvalue weighted by atomic mass is 10.0. The number of nitrogens with zero attached hydrogens (tertiary/aromatic N) is 3. The second kappa shape index (κ2) is 10.7. The number of amides is 2. The van der Waals surface area contributed by atoms with E-state index >= 15 is 0 Å². The van der Waals surface area contributed by atoms with Gasteiger partial charge in [0.2, 0.25) is 5.91 Å². The molecule has 1 aromatic heterocycles. The zero-order valence-electron chi connectivity index (χ0n) is 20.4. The summed E-state index contributed by atoms with van der Waals surface area (Å²) in [6.45, 7) is 1.97. The van der Waals surface area contributed by atoms with Gasteiger partial charge in [-0.3, -0.25) is 9.59 Å². The highest BCUT2D eigenvalue weighted by molar-refractivity contribution is 7.97. The molecule has 1 saturated heterocycles. The van der Waals surface area contributed by atoms with E-state index in [-0.39, 0.29) is 18.5 Å². The smallest absolute Gasteiger partial charge is 0.368 e. The van der Waals surface area contributed by atoms with Crippen molar-refractivity contribution in [1.29, 1.82) is 0 Å². The van der Waals surface area contributed by atoms with Crippen molar-refractivity contribution in [1.82, 2.24) is 14.2 Å². The summed E-state index contributed by atoms with van der Waals surface area (Å²) in [6.07, 6.45) is -1.83. The van der Waals surface area contributed by atoms with Crippen LogP contribution in [0, 0.1) is 0 Å². The van der Waals surface area contributed by atoms with Gasteiger partial charge in [-0.15, -0.1) is 0 Å². The van der Waals surface area contributed by atoms with Crippen molar-refractivity contribution in [3.8, 4) is 11.1 Å². The Morgan fingerprint density at radius 2 is 1.76 bits per heavy atom. The van der Waals surface area contributed by atoms with Crippen LogP contribution in [0.15, 0.2) is 65.7 Å². The molecule has 2 amide bonds. The fraction of sp³-hybridized carbons (Fsp3) is 0.296. The molecule has 0 atom stereocenters. The van der Waals surface area contributed by atoms with E-state index in [1.165, 1.54) is 11.0 Å². The van der Waals surface area contributed by atoms with E-state index in [1.54, 1.807) is 11.9 Å². The van der Waals surface area contributed by atoms with Crippen LogP contribution in [0.25, 0.3) is 11.1 Å². The molecule has 38 heavy (non-hydrogen) atoms. The van der Waals surface area contributed by atoms with Crippen LogP contribution in [0.3, 0.4) is 0 Å². The summed E-state index contributed by atoms with van der Waals surface area (Å²) < 4.78 is 40.4. The second-order valence-corrected chi connectivity index (χ2v) is 10.6. The Morgan fingerprint density at radius 1 is 1.05 bits per heavy atom. The van der Waals surface area contributed by atoms with Crippen molar-refractivity contribution in [2.75, 3.05) is 25.0 Å². The summed E-state index contributed by atoms with van der Waals surface area (Å²) in [5, 5.41) is 3.24. The molecule has 198 valence electrons. The van der Waals surface area contributed by atoms with Gasteiger partial charge in [0, 0.05) is 42.3 Å². The molecular formula is C27H26F3N5O2S. The molecule has 2 aliphatic heterocycles. The van der Waals surface area contributed by atoms with Gasteiger partial charge in [0.05, 0.1) is 12.1 Å². The van der Waals surface area contributed by atoms with Crippen molar-refractivity contribution < 1.29 is 22.8 Å². The first kappa shape index (κ1) is 26.1. The molecule has 0 saturated carbocycles. The highest BCUT2D eigenvalue weighted by Crippen LogP contribution is 2.32. The lowest BCUT2D eigenvalue weighted by Gasteiger charge is -2.31. The third kappa shape index (κ3) is 5.94. The van der Waals surface area contributed by atoms with Gasteiger partial charge in [0.15, 0.2) is 0 Å². The van der Waals surface area contributed by atoms with Gasteiger partial charge in [-0.2, -0.15) is 13.2 Å². The number of piperidine rings is 1. The first-order valence-corrected chi connectivity index (χ1v) is 13.0. The average Bonchev–Trinajstić information content (AvgIpc) is 3.19. The molecular weight excluding hydrogens is 515 g/mol. The number of anilines is 1. The van der Waals surface area contributed by atoms with E-state index in [1.807, 2.05) is 42.5 Å². The number of nitrogens with one attached hydrogen (secondary N) is 1. The summed E-state index contributed by atoms with van der Waals surface area (Å²) >= 11 is 1.67. The summed E-state index contributed by atoms with van der Waals surface area (Å²) in [5.41, 5.74) is 7.91. The third-order valence-electron chi connectivity index (χ3n) is 6.65. The quantitative estimate of drug-likeness (QED) is 0.418. The Kier molecular flexibility index (Phi) is 7.31. The van der Waals surface area contributed by atoms with Crippen molar-refractivity contribution in [2.24, 2.45) is 5.73 Å². The molecule has 0 spiro atoms. The van der Waals surface area contributed by atoms with Crippen LogP contribution < -0.4 is 11.1 Å². The zero-order valence-corrected chi connectivity index (χ0v) is 21.2. The van der Waals surface area contributed by atoms with Crippen LogP contribution in [0.2, 0.25) is 0 Å². The summed E-state index contributed by atoms with van der Waals surface area (Å²) in [6, 6.07) is 16.5. The number of alkyl halides is 3. The Balaban J connectivity index is 1.14. The maximum Gasteiger partial charge on any atom is 0.417 e. The molecule has 2 aromatic carbocycles. The van der Waals surface area contributed by atoms with Crippen molar-refractivity contribution in [2.45, 2.75) is 36.5 Å². The summed E-state index contributed by atoms with van der Waals surface area (Å²) in [5.74, 6) is -0.260. The zero-order chi connectivity index (χ0) is 26.9. The van der Waals surface area contributed by atoms with Crippen LogP contribution in [0.1, 0.15) is 34.3 Å². The number of pyridine rings is 1. The predicted octanol–water partition coefficient (Wildman–Crippen LogP) is 4.79. The van der Waals surface area contributed by atoms with E-state index in [0.717, 1.165) is 59.8 Å². The molecule has 5 rings (SSSR count). The molecule has 0 aliphatic carbocycles. The van der Waals surface area contributed by atoms with Crippen LogP contribution >= 0.6 is 11.9 Å². The number of benzene rings is 2. The van der Waals surface area contributed by atoms with Gasteiger partial charge in [-0.05, 0) is 71.8 Å². The van der Waals surface area contributed by atoms with E-state index in [4.69, 9.17) is 5.73 Å². The van der Waals surface area contributed by atoms with Crippen LogP contribution in [0.5, 0.6) is 0 Å². The number of hydrogen-bond donors (Lipinski definition) is 2. The minimum absolute atomic E-state index is 0.0893. The molecule has 2 aliphatic rings. The van der Waals surface area contributed by atoms with Crippen LogP contribution in [-0.2, 0) is 17.5 Å². The molecule has 3 heterocycles. The fourth-order valence-electron chi connectivity index (χ4n) is 4.66. The first-order valence-electron chi connectivity index (χ1n) is 12.2. The standard InChI is InChI=1S/C27H26F3N5O2S/c28-27(29,30)20-5-8-25(32-14-20)33-21-9-11-35(12-10-21)38-22-6-3-17(4-7-22)18-1-2-19-15-34(16-24(31)36)26(37)23(19)13-18/h1-8,13-14,21H,9-12,15-16H2,(H2,31,36)(H,32,33). The Hall–Kier alpha value is -3.57. The van der Waals surface area contributed by atoms with E-state index in [9.17, 15) is 22.8 Å². The topological polar surface area (TPSA) is 91.6 Å². The SMILES string of the molecule is NC(=O)CN1Cc2ccc(-c3ccc(SN4CCC(Nc5ccc(C(F)(F)F)cn5)CC4)cc3)cc2C1=O. The molecule has 3 N–H and O–H groups in total. The fourth-order valence-corrected chi connectivity index (χ4v) is 5.61. The minimum Gasteiger partial charge on any atom is -0.368 e. The van der Waals surface area contributed by atoms with E-state index in [2.05, 4.69) is 14.6 Å². The molecule has 0 unspecified atom stereocenters. The van der Waals surface area contributed by atoms with Gasteiger partial charge >= 0.3 is 6.18 Å².